The van der Waals surface area contributed by atoms with Crippen LogP contribution in [0.25, 0.3) is 0 Å². The Bertz CT molecular complexity index is 201. The van der Waals surface area contributed by atoms with E-state index in [-0.39, 0.29) is 12.1 Å². The summed E-state index contributed by atoms with van der Waals surface area (Å²) in [5.74, 6) is 0.210. The summed E-state index contributed by atoms with van der Waals surface area (Å²) < 4.78 is 10.2. The number of ether oxygens (including phenoxy) is 2. The second-order valence-corrected chi connectivity index (χ2v) is 3.61. The molecule has 1 saturated heterocycles. The highest BCUT2D eigenvalue weighted by atomic mass is 16.6. The quantitative estimate of drug-likeness (QED) is 0.483. The highest BCUT2D eigenvalue weighted by Crippen LogP contribution is 2.25. The predicted octanol–water partition coefficient (Wildman–Crippen LogP) is 1.92. The van der Waals surface area contributed by atoms with Gasteiger partial charge in [-0.25, -0.2) is 4.79 Å². The van der Waals surface area contributed by atoms with Crippen LogP contribution in [0.2, 0.25) is 0 Å². The molecule has 3 heteroatoms. The Kier molecular flexibility index (Phi) is 4.66. The Morgan fingerprint density at radius 3 is 3.00 bits per heavy atom. The lowest BCUT2D eigenvalue weighted by atomic mass is 9.93. The third-order valence-corrected chi connectivity index (χ3v) is 2.54. The number of carbonyl (C=O) groups is 1. The van der Waals surface area contributed by atoms with E-state index < -0.39 is 0 Å². The molecule has 2 unspecified atom stereocenters. The highest BCUT2D eigenvalue weighted by Gasteiger charge is 2.32. The maximum absolute atomic E-state index is 10.8. The van der Waals surface area contributed by atoms with Crippen molar-refractivity contribution in [2.24, 2.45) is 5.92 Å². The van der Waals surface area contributed by atoms with E-state index >= 15 is 0 Å². The van der Waals surface area contributed by atoms with E-state index in [1.807, 2.05) is 0 Å². The fraction of sp³-hybridized carbons (Fsp3) is 0.727. The van der Waals surface area contributed by atoms with Crippen molar-refractivity contribution in [2.75, 3.05) is 13.2 Å². The van der Waals surface area contributed by atoms with Crippen molar-refractivity contribution in [2.45, 2.75) is 32.3 Å². The molecule has 0 amide bonds. The average Bonchev–Trinajstić information content (AvgIpc) is 2.16. The molecular weight excluding hydrogens is 180 g/mol. The van der Waals surface area contributed by atoms with E-state index in [9.17, 15) is 4.79 Å². The Morgan fingerprint density at radius 2 is 2.50 bits per heavy atom. The lowest BCUT2D eigenvalue weighted by Gasteiger charge is -2.36. The monoisotopic (exact) mass is 198 g/mol. The first-order chi connectivity index (χ1) is 6.77. The van der Waals surface area contributed by atoms with Gasteiger partial charge in [-0.3, -0.25) is 0 Å². The minimum atomic E-state index is -0.366. The summed E-state index contributed by atoms with van der Waals surface area (Å²) in [5.41, 5.74) is 0. The van der Waals surface area contributed by atoms with Crippen LogP contribution in [0.5, 0.6) is 0 Å². The van der Waals surface area contributed by atoms with Crippen LogP contribution in [-0.4, -0.2) is 25.3 Å². The molecule has 80 valence electrons. The van der Waals surface area contributed by atoms with Gasteiger partial charge < -0.3 is 9.47 Å². The summed E-state index contributed by atoms with van der Waals surface area (Å²) in [5, 5.41) is 0. The molecule has 14 heavy (non-hydrogen) atoms. The molecular formula is C11H18O3. The number of carbonyl (C=O) groups excluding carboxylic acids is 1. The molecule has 1 heterocycles. The minimum absolute atomic E-state index is 0.116. The summed E-state index contributed by atoms with van der Waals surface area (Å²) >= 11 is 0. The van der Waals surface area contributed by atoms with E-state index in [1.54, 1.807) is 0 Å². The van der Waals surface area contributed by atoms with E-state index in [2.05, 4.69) is 13.5 Å². The summed E-state index contributed by atoms with van der Waals surface area (Å²) in [6.07, 6.45) is 4.90. The molecule has 0 spiro atoms. The van der Waals surface area contributed by atoms with Gasteiger partial charge in [-0.05, 0) is 6.42 Å². The van der Waals surface area contributed by atoms with Crippen molar-refractivity contribution < 1.29 is 14.3 Å². The average molecular weight is 198 g/mol. The normalized spacial score (nSPS) is 25.2. The topological polar surface area (TPSA) is 35.5 Å². The maximum atomic E-state index is 10.8. The summed E-state index contributed by atoms with van der Waals surface area (Å²) in [6, 6.07) is 0. The predicted molar refractivity (Wildman–Crippen MR) is 53.9 cm³/mol. The van der Waals surface area contributed by atoms with Crippen LogP contribution in [-0.2, 0) is 14.3 Å². The van der Waals surface area contributed by atoms with Crippen molar-refractivity contribution >= 4 is 5.97 Å². The van der Waals surface area contributed by atoms with Crippen LogP contribution in [0.15, 0.2) is 12.7 Å². The lowest BCUT2D eigenvalue weighted by Crippen LogP contribution is -2.43. The second kappa shape index (κ2) is 5.81. The SMILES string of the molecule is C=CC(=O)OCC1OCC1CCCC. The molecule has 0 aromatic rings. The van der Waals surface area contributed by atoms with Crippen molar-refractivity contribution in [1.29, 1.82) is 0 Å². The van der Waals surface area contributed by atoms with Crippen LogP contribution in [0.4, 0.5) is 0 Å². The molecule has 0 bridgehead atoms. The second-order valence-electron chi connectivity index (χ2n) is 3.61. The Balaban J connectivity index is 2.12. The molecule has 2 atom stereocenters. The number of esters is 1. The van der Waals surface area contributed by atoms with Gasteiger partial charge in [0.1, 0.15) is 6.61 Å². The van der Waals surface area contributed by atoms with Crippen LogP contribution in [0, 0.1) is 5.92 Å². The maximum Gasteiger partial charge on any atom is 0.330 e. The first kappa shape index (κ1) is 11.2. The zero-order valence-corrected chi connectivity index (χ0v) is 8.70. The van der Waals surface area contributed by atoms with Crippen LogP contribution in [0.1, 0.15) is 26.2 Å². The van der Waals surface area contributed by atoms with E-state index in [0.717, 1.165) is 6.61 Å². The van der Waals surface area contributed by atoms with Gasteiger partial charge in [0.2, 0.25) is 0 Å². The van der Waals surface area contributed by atoms with Gasteiger partial charge in [0.15, 0.2) is 0 Å². The third-order valence-electron chi connectivity index (χ3n) is 2.54. The molecule has 1 aliphatic rings. The first-order valence-corrected chi connectivity index (χ1v) is 5.18. The number of unbranched alkanes of at least 4 members (excludes halogenated alkanes) is 1. The van der Waals surface area contributed by atoms with Gasteiger partial charge in [-0.2, -0.15) is 0 Å². The largest absolute Gasteiger partial charge is 0.460 e. The lowest BCUT2D eigenvalue weighted by molar-refractivity contribution is -0.164. The zero-order valence-electron chi connectivity index (χ0n) is 8.70. The first-order valence-electron chi connectivity index (χ1n) is 5.18. The molecule has 1 rings (SSSR count). The summed E-state index contributed by atoms with van der Waals surface area (Å²) in [7, 11) is 0. The number of rotatable bonds is 6. The van der Waals surface area contributed by atoms with Crippen molar-refractivity contribution in [1.82, 2.24) is 0 Å². The van der Waals surface area contributed by atoms with Gasteiger partial charge >= 0.3 is 5.97 Å². The standard InChI is InChI=1S/C11H18O3/c1-3-5-6-9-7-13-10(9)8-14-11(12)4-2/h4,9-10H,2-3,5-8H2,1H3. The summed E-state index contributed by atoms with van der Waals surface area (Å²) in [6.45, 7) is 6.70. The minimum Gasteiger partial charge on any atom is -0.460 e. The molecule has 0 radical (unpaired) electrons. The van der Waals surface area contributed by atoms with E-state index in [4.69, 9.17) is 9.47 Å². The molecule has 3 nitrogen and oxygen atoms in total. The van der Waals surface area contributed by atoms with Crippen LogP contribution >= 0.6 is 0 Å². The molecule has 0 N–H and O–H groups in total. The number of hydrogen-bond acceptors (Lipinski definition) is 3. The van der Waals surface area contributed by atoms with Gasteiger partial charge in [-0.15, -0.1) is 0 Å². The van der Waals surface area contributed by atoms with Crippen molar-refractivity contribution in [3.05, 3.63) is 12.7 Å². The molecule has 0 aromatic carbocycles. The van der Waals surface area contributed by atoms with Crippen LogP contribution < -0.4 is 0 Å². The van der Waals surface area contributed by atoms with Gasteiger partial charge in [0, 0.05) is 12.0 Å². The van der Waals surface area contributed by atoms with E-state index in [0.29, 0.717) is 12.5 Å². The molecule has 1 aliphatic heterocycles. The highest BCUT2D eigenvalue weighted by molar-refractivity contribution is 5.81. The third kappa shape index (κ3) is 3.14. The Hall–Kier alpha value is -0.830. The Labute approximate surface area is 85.1 Å². The van der Waals surface area contributed by atoms with Gasteiger partial charge in [0.05, 0.1) is 12.7 Å². The van der Waals surface area contributed by atoms with Crippen molar-refractivity contribution in [3.8, 4) is 0 Å². The van der Waals surface area contributed by atoms with Crippen molar-refractivity contribution in [3.63, 3.8) is 0 Å². The molecule has 1 fully saturated rings. The fourth-order valence-electron chi connectivity index (χ4n) is 1.51. The van der Waals surface area contributed by atoms with Crippen LogP contribution in [0.3, 0.4) is 0 Å². The molecule has 0 saturated carbocycles. The van der Waals surface area contributed by atoms with Gasteiger partial charge in [-0.1, -0.05) is 26.3 Å². The Morgan fingerprint density at radius 1 is 1.71 bits per heavy atom. The summed E-state index contributed by atoms with van der Waals surface area (Å²) in [4.78, 5) is 10.8. The molecule has 0 aromatic heterocycles. The smallest absolute Gasteiger partial charge is 0.330 e. The van der Waals surface area contributed by atoms with Gasteiger partial charge in [0.25, 0.3) is 0 Å². The fourth-order valence-corrected chi connectivity index (χ4v) is 1.51. The molecule has 0 aliphatic carbocycles. The van der Waals surface area contributed by atoms with E-state index in [1.165, 1.54) is 25.3 Å². The number of hydrogen-bond donors (Lipinski definition) is 0. The zero-order chi connectivity index (χ0) is 10.4.